The van der Waals surface area contributed by atoms with Crippen LogP contribution in [-0.4, -0.2) is 58.3 Å². The molecule has 9 nitrogen and oxygen atoms in total. The Morgan fingerprint density at radius 3 is 2.15 bits per heavy atom. The van der Waals surface area contributed by atoms with E-state index in [1.807, 2.05) is 0 Å². The fraction of sp³-hybridized carbons (Fsp3) is 0.600. The number of hydrogen-bond donors (Lipinski definition) is 6. The molecule has 0 radical (unpaired) electrons. The highest BCUT2D eigenvalue weighted by Crippen LogP contribution is 1.99. The molecule has 0 aliphatic carbocycles. The second-order valence-corrected chi connectivity index (χ2v) is 4.26. The first-order valence-corrected chi connectivity index (χ1v) is 6.29. The minimum absolute atomic E-state index is 0.0498. The highest BCUT2D eigenvalue weighted by atomic mass is 32.1. The molecule has 6 N–H and O–H groups in total. The van der Waals surface area contributed by atoms with E-state index in [0.717, 1.165) is 0 Å². The zero-order chi connectivity index (χ0) is 15.7. The highest BCUT2D eigenvalue weighted by Gasteiger charge is 2.24. The van der Waals surface area contributed by atoms with Gasteiger partial charge in [-0.25, -0.2) is 0 Å². The normalized spacial score (nSPS) is 13.1. The van der Waals surface area contributed by atoms with Gasteiger partial charge in [0.05, 0.1) is 6.04 Å². The molecular weight excluding hydrogens is 290 g/mol. The minimum Gasteiger partial charge on any atom is -0.481 e. The van der Waals surface area contributed by atoms with Crippen molar-refractivity contribution in [3.05, 3.63) is 0 Å². The van der Waals surface area contributed by atoms with Gasteiger partial charge >= 0.3 is 11.9 Å². The molecule has 0 aliphatic heterocycles. The van der Waals surface area contributed by atoms with E-state index >= 15 is 0 Å². The van der Waals surface area contributed by atoms with Crippen LogP contribution in [0.25, 0.3) is 0 Å². The van der Waals surface area contributed by atoms with Crippen LogP contribution in [0.2, 0.25) is 0 Å². The monoisotopic (exact) mass is 307 g/mol. The molecule has 0 unspecified atom stereocenters. The Bertz CT molecular complexity index is 389. The third-order valence-corrected chi connectivity index (χ3v) is 2.62. The Morgan fingerprint density at radius 2 is 1.70 bits per heavy atom. The van der Waals surface area contributed by atoms with E-state index in [2.05, 4.69) is 23.3 Å². The number of aliphatic carboxylic acids is 2. The van der Waals surface area contributed by atoms with Crippen LogP contribution in [0, 0.1) is 0 Å². The van der Waals surface area contributed by atoms with E-state index in [1.165, 1.54) is 0 Å². The summed E-state index contributed by atoms with van der Waals surface area (Å²) in [6.45, 7) is -0.628. The van der Waals surface area contributed by atoms with Gasteiger partial charge in [-0.1, -0.05) is 0 Å². The molecule has 0 heterocycles. The van der Waals surface area contributed by atoms with Crippen molar-refractivity contribution in [3.63, 3.8) is 0 Å². The number of thiol groups is 1. The summed E-state index contributed by atoms with van der Waals surface area (Å²) in [7, 11) is 0. The summed E-state index contributed by atoms with van der Waals surface area (Å²) in [4.78, 5) is 44.0. The van der Waals surface area contributed by atoms with Crippen molar-refractivity contribution < 1.29 is 29.4 Å². The minimum atomic E-state index is -1.26. The zero-order valence-electron chi connectivity index (χ0n) is 10.5. The number of rotatable bonds is 9. The van der Waals surface area contributed by atoms with Gasteiger partial charge in [-0.05, 0) is 6.42 Å². The van der Waals surface area contributed by atoms with Crippen LogP contribution < -0.4 is 16.4 Å². The molecule has 0 aromatic rings. The SMILES string of the molecule is N[C@@H](CS)C(=O)N[C@@H](CCC(=O)O)C(=O)NCC(=O)O. The number of carbonyl (C=O) groups is 4. The average molecular weight is 307 g/mol. The maximum Gasteiger partial charge on any atom is 0.322 e. The van der Waals surface area contributed by atoms with Crippen molar-refractivity contribution in [2.24, 2.45) is 5.73 Å². The first-order chi connectivity index (χ1) is 9.27. The summed E-state index contributed by atoms with van der Waals surface area (Å²) in [6, 6.07) is -2.11. The van der Waals surface area contributed by atoms with Crippen molar-refractivity contribution in [2.45, 2.75) is 24.9 Å². The topological polar surface area (TPSA) is 159 Å². The lowest BCUT2D eigenvalue weighted by molar-refractivity contribution is -0.140. The van der Waals surface area contributed by atoms with Gasteiger partial charge in [-0.3, -0.25) is 19.2 Å². The molecule has 0 spiro atoms. The zero-order valence-corrected chi connectivity index (χ0v) is 11.4. The van der Waals surface area contributed by atoms with E-state index in [0.29, 0.717) is 0 Å². The van der Waals surface area contributed by atoms with E-state index in [4.69, 9.17) is 15.9 Å². The lowest BCUT2D eigenvalue weighted by Gasteiger charge is -2.19. The van der Waals surface area contributed by atoms with E-state index in [9.17, 15) is 19.2 Å². The molecule has 0 aliphatic rings. The van der Waals surface area contributed by atoms with Gasteiger partial charge in [0.1, 0.15) is 12.6 Å². The first kappa shape index (κ1) is 18.2. The van der Waals surface area contributed by atoms with Crippen LogP contribution in [0.1, 0.15) is 12.8 Å². The van der Waals surface area contributed by atoms with Crippen molar-refractivity contribution in [2.75, 3.05) is 12.3 Å². The number of carbonyl (C=O) groups excluding carboxylic acids is 2. The molecule has 0 saturated heterocycles. The maximum absolute atomic E-state index is 11.7. The Hall–Kier alpha value is -1.81. The van der Waals surface area contributed by atoms with Crippen LogP contribution in [0.4, 0.5) is 0 Å². The lowest BCUT2D eigenvalue weighted by atomic mass is 10.1. The Labute approximate surface area is 120 Å². The molecule has 0 rings (SSSR count). The molecule has 0 fully saturated rings. The molecule has 114 valence electrons. The molecule has 0 saturated carbocycles. The third-order valence-electron chi connectivity index (χ3n) is 2.23. The molecular formula is C10H17N3O6S. The summed E-state index contributed by atoms with van der Waals surface area (Å²) in [5, 5.41) is 21.3. The summed E-state index contributed by atoms with van der Waals surface area (Å²) in [6.07, 6.45) is -0.534. The third kappa shape index (κ3) is 7.59. The van der Waals surface area contributed by atoms with Crippen LogP contribution >= 0.6 is 12.6 Å². The van der Waals surface area contributed by atoms with Gasteiger partial charge in [0.25, 0.3) is 0 Å². The lowest BCUT2D eigenvalue weighted by Crippen LogP contribution is -2.52. The fourth-order valence-corrected chi connectivity index (χ4v) is 1.35. The predicted octanol–water partition coefficient (Wildman–Crippen LogP) is -2.21. The van der Waals surface area contributed by atoms with Crippen molar-refractivity contribution in [1.82, 2.24) is 10.6 Å². The molecule has 2 atom stereocenters. The largest absolute Gasteiger partial charge is 0.481 e. The van der Waals surface area contributed by atoms with Crippen molar-refractivity contribution in [3.8, 4) is 0 Å². The molecule has 0 aromatic carbocycles. The van der Waals surface area contributed by atoms with Crippen LogP contribution in [0.5, 0.6) is 0 Å². The Kier molecular flexibility index (Phi) is 8.32. The number of amides is 2. The van der Waals surface area contributed by atoms with Crippen molar-refractivity contribution >= 4 is 36.4 Å². The standard InChI is InChI=1S/C10H17N3O6S/c11-5(4-20)9(18)13-6(1-2-7(14)15)10(19)12-3-8(16)17/h5-6,20H,1-4,11H2,(H,12,19)(H,13,18)(H,14,15)(H,16,17)/t5-,6-/m0/s1. The Morgan fingerprint density at radius 1 is 1.10 bits per heavy atom. The molecule has 2 amide bonds. The molecule has 0 bridgehead atoms. The van der Waals surface area contributed by atoms with Gasteiger partial charge in [0.15, 0.2) is 0 Å². The van der Waals surface area contributed by atoms with Crippen LogP contribution in [0.15, 0.2) is 0 Å². The van der Waals surface area contributed by atoms with E-state index < -0.39 is 42.4 Å². The van der Waals surface area contributed by atoms with E-state index in [-0.39, 0.29) is 18.6 Å². The van der Waals surface area contributed by atoms with Crippen LogP contribution in [-0.2, 0) is 19.2 Å². The van der Waals surface area contributed by atoms with Gasteiger partial charge in [0, 0.05) is 12.2 Å². The van der Waals surface area contributed by atoms with Gasteiger partial charge < -0.3 is 26.6 Å². The number of carboxylic acids is 2. The predicted molar refractivity (Wildman–Crippen MR) is 71.3 cm³/mol. The number of nitrogens with two attached hydrogens (primary N) is 1. The van der Waals surface area contributed by atoms with Gasteiger partial charge in [-0.2, -0.15) is 12.6 Å². The maximum atomic E-state index is 11.7. The molecule has 0 aromatic heterocycles. The first-order valence-electron chi connectivity index (χ1n) is 5.66. The molecule has 20 heavy (non-hydrogen) atoms. The summed E-state index contributed by atoms with van der Waals surface area (Å²) < 4.78 is 0. The summed E-state index contributed by atoms with van der Waals surface area (Å²) >= 11 is 3.82. The van der Waals surface area contributed by atoms with E-state index in [1.54, 1.807) is 0 Å². The van der Waals surface area contributed by atoms with Crippen molar-refractivity contribution in [1.29, 1.82) is 0 Å². The second kappa shape index (κ2) is 9.15. The summed E-state index contributed by atoms with van der Waals surface area (Å²) in [5.74, 6) is -3.80. The number of nitrogens with one attached hydrogen (secondary N) is 2. The Balaban J connectivity index is 4.62. The second-order valence-electron chi connectivity index (χ2n) is 3.89. The van der Waals surface area contributed by atoms with Gasteiger partial charge in [-0.15, -0.1) is 0 Å². The average Bonchev–Trinajstić information content (AvgIpc) is 2.38. The molecule has 10 heteroatoms. The quantitative estimate of drug-likeness (QED) is 0.263. The smallest absolute Gasteiger partial charge is 0.322 e. The fourth-order valence-electron chi connectivity index (χ4n) is 1.18. The van der Waals surface area contributed by atoms with Crippen LogP contribution in [0.3, 0.4) is 0 Å². The highest BCUT2D eigenvalue weighted by molar-refractivity contribution is 7.80. The summed E-state index contributed by atoms with van der Waals surface area (Å²) in [5.41, 5.74) is 5.41. The van der Waals surface area contributed by atoms with Gasteiger partial charge in [0.2, 0.25) is 11.8 Å². The number of hydrogen-bond acceptors (Lipinski definition) is 6. The number of carboxylic acid groups (broad SMARTS) is 2.